The van der Waals surface area contributed by atoms with Gasteiger partial charge >= 0.3 is 0 Å². The smallest absolute Gasteiger partial charge is 0.133 e. The molecule has 0 aliphatic carbocycles. The molecular formula is C8H12N2S2. The first-order valence-electron chi connectivity index (χ1n) is 3.89. The first kappa shape index (κ1) is 11.7. The topological polar surface area (TPSA) is 47.6 Å². The SMILES string of the molecule is CCC(SC#N)C(CC)SC#N. The van der Waals surface area contributed by atoms with Gasteiger partial charge in [-0.05, 0) is 36.4 Å². The maximum atomic E-state index is 8.50. The van der Waals surface area contributed by atoms with Gasteiger partial charge in [0.25, 0.3) is 0 Å². The fourth-order valence-corrected chi connectivity index (χ4v) is 2.61. The Labute approximate surface area is 82.3 Å². The van der Waals surface area contributed by atoms with Crippen molar-refractivity contribution in [2.45, 2.75) is 37.2 Å². The first-order valence-corrected chi connectivity index (χ1v) is 5.65. The molecule has 0 aliphatic heterocycles. The highest BCUT2D eigenvalue weighted by atomic mass is 32.2. The summed E-state index contributed by atoms with van der Waals surface area (Å²) in [6.07, 6.45) is 1.90. The van der Waals surface area contributed by atoms with Crippen molar-refractivity contribution in [2.75, 3.05) is 0 Å². The van der Waals surface area contributed by atoms with Gasteiger partial charge in [0.2, 0.25) is 0 Å². The maximum absolute atomic E-state index is 8.50. The second-order valence-electron chi connectivity index (χ2n) is 2.31. The Morgan fingerprint density at radius 1 is 1.00 bits per heavy atom. The predicted octanol–water partition coefficient (Wildman–Crippen LogP) is 2.97. The van der Waals surface area contributed by atoms with Crippen molar-refractivity contribution >= 4 is 23.5 Å². The molecule has 0 heterocycles. The average Bonchev–Trinajstić information content (AvgIpc) is 2.11. The van der Waals surface area contributed by atoms with Gasteiger partial charge in [-0.2, -0.15) is 10.5 Å². The lowest BCUT2D eigenvalue weighted by molar-refractivity contribution is 0.741. The van der Waals surface area contributed by atoms with Crippen LogP contribution in [-0.2, 0) is 0 Å². The Balaban J connectivity index is 4.06. The number of nitrogens with zero attached hydrogens (tertiary/aromatic N) is 2. The second kappa shape index (κ2) is 7.34. The van der Waals surface area contributed by atoms with Crippen LogP contribution >= 0.6 is 23.5 Å². The van der Waals surface area contributed by atoms with Crippen LogP contribution in [0.4, 0.5) is 0 Å². The van der Waals surface area contributed by atoms with Gasteiger partial charge in [-0.15, -0.1) is 0 Å². The van der Waals surface area contributed by atoms with Crippen LogP contribution < -0.4 is 0 Å². The number of thioether (sulfide) groups is 2. The Morgan fingerprint density at radius 2 is 1.33 bits per heavy atom. The minimum atomic E-state index is 0.296. The van der Waals surface area contributed by atoms with Gasteiger partial charge < -0.3 is 0 Å². The standard InChI is InChI=1S/C8H12N2S2/c1-3-7(11-5-9)8(4-2)12-6-10/h7-8H,3-4H2,1-2H3. The molecule has 0 spiro atoms. The van der Waals surface area contributed by atoms with Crippen LogP contribution in [-0.4, -0.2) is 10.5 Å². The molecule has 2 atom stereocenters. The summed E-state index contributed by atoms with van der Waals surface area (Å²) in [7, 11) is 0. The molecule has 66 valence electrons. The van der Waals surface area contributed by atoms with Crippen LogP contribution in [0.2, 0.25) is 0 Å². The average molecular weight is 200 g/mol. The minimum absolute atomic E-state index is 0.296. The van der Waals surface area contributed by atoms with Gasteiger partial charge in [0.1, 0.15) is 10.8 Å². The molecule has 0 saturated heterocycles. The molecule has 0 rings (SSSR count). The van der Waals surface area contributed by atoms with Gasteiger partial charge in [0.05, 0.1) is 0 Å². The van der Waals surface area contributed by atoms with E-state index in [2.05, 4.69) is 24.6 Å². The quantitative estimate of drug-likeness (QED) is 0.640. The van der Waals surface area contributed by atoms with Crippen LogP contribution in [0.1, 0.15) is 26.7 Å². The van der Waals surface area contributed by atoms with Crippen molar-refractivity contribution in [3.05, 3.63) is 0 Å². The van der Waals surface area contributed by atoms with E-state index in [1.807, 2.05) is 0 Å². The molecule has 0 aromatic heterocycles. The van der Waals surface area contributed by atoms with Crippen molar-refractivity contribution in [3.8, 4) is 10.8 Å². The van der Waals surface area contributed by atoms with E-state index >= 15 is 0 Å². The molecule has 0 radical (unpaired) electrons. The lowest BCUT2D eigenvalue weighted by Gasteiger charge is -2.17. The van der Waals surface area contributed by atoms with Crippen molar-refractivity contribution in [1.29, 1.82) is 10.5 Å². The van der Waals surface area contributed by atoms with E-state index in [1.165, 1.54) is 23.5 Å². The molecule has 0 bridgehead atoms. The Kier molecular flexibility index (Phi) is 7.14. The van der Waals surface area contributed by atoms with Gasteiger partial charge in [-0.3, -0.25) is 0 Å². The molecule has 0 aromatic carbocycles. The number of rotatable bonds is 5. The van der Waals surface area contributed by atoms with Gasteiger partial charge in [0.15, 0.2) is 0 Å². The van der Waals surface area contributed by atoms with Crippen molar-refractivity contribution < 1.29 is 0 Å². The number of thiocyanates is 2. The van der Waals surface area contributed by atoms with Gasteiger partial charge in [0, 0.05) is 10.5 Å². The van der Waals surface area contributed by atoms with E-state index in [4.69, 9.17) is 10.5 Å². The Bertz CT molecular complexity index is 170. The molecule has 0 amide bonds. The van der Waals surface area contributed by atoms with E-state index in [0.29, 0.717) is 10.5 Å². The predicted molar refractivity (Wildman–Crippen MR) is 54.6 cm³/mol. The molecule has 2 unspecified atom stereocenters. The van der Waals surface area contributed by atoms with E-state index in [1.54, 1.807) is 0 Å². The fourth-order valence-electron chi connectivity index (χ4n) is 0.980. The van der Waals surface area contributed by atoms with Crippen molar-refractivity contribution in [2.24, 2.45) is 0 Å². The monoisotopic (exact) mass is 200 g/mol. The molecule has 0 saturated carbocycles. The Hall–Kier alpha value is -0.320. The van der Waals surface area contributed by atoms with Crippen LogP contribution in [0.15, 0.2) is 0 Å². The molecule has 0 aliphatic rings. The minimum Gasteiger partial charge on any atom is -0.185 e. The van der Waals surface area contributed by atoms with Gasteiger partial charge in [-0.1, -0.05) is 13.8 Å². The van der Waals surface area contributed by atoms with Crippen molar-refractivity contribution in [3.63, 3.8) is 0 Å². The highest BCUT2D eigenvalue weighted by molar-refractivity contribution is 8.08. The Morgan fingerprint density at radius 3 is 1.50 bits per heavy atom. The summed E-state index contributed by atoms with van der Waals surface area (Å²) in [5.41, 5.74) is 0. The summed E-state index contributed by atoms with van der Waals surface area (Å²) in [5, 5.41) is 21.8. The lowest BCUT2D eigenvalue weighted by Crippen LogP contribution is -2.17. The highest BCUT2D eigenvalue weighted by Crippen LogP contribution is 2.28. The molecule has 12 heavy (non-hydrogen) atoms. The van der Waals surface area contributed by atoms with Crippen LogP contribution in [0.3, 0.4) is 0 Å². The van der Waals surface area contributed by atoms with Crippen LogP contribution in [0.5, 0.6) is 0 Å². The molecule has 0 N–H and O–H groups in total. The lowest BCUT2D eigenvalue weighted by atomic mass is 10.2. The maximum Gasteiger partial charge on any atom is 0.133 e. The zero-order valence-electron chi connectivity index (χ0n) is 7.28. The summed E-state index contributed by atoms with van der Waals surface area (Å²) >= 11 is 2.57. The second-order valence-corrected chi connectivity index (χ2v) is 4.36. The highest BCUT2D eigenvalue weighted by Gasteiger charge is 2.19. The zero-order valence-corrected chi connectivity index (χ0v) is 8.91. The van der Waals surface area contributed by atoms with Crippen LogP contribution in [0, 0.1) is 21.3 Å². The normalized spacial score (nSPS) is 14.3. The molecule has 0 fully saturated rings. The number of nitriles is 2. The van der Waals surface area contributed by atoms with E-state index in [0.717, 1.165) is 12.8 Å². The molecule has 4 heteroatoms. The van der Waals surface area contributed by atoms with Crippen LogP contribution in [0.25, 0.3) is 0 Å². The summed E-state index contributed by atoms with van der Waals surface area (Å²) in [4.78, 5) is 0. The summed E-state index contributed by atoms with van der Waals surface area (Å²) in [5.74, 6) is 0. The van der Waals surface area contributed by atoms with Gasteiger partial charge in [-0.25, -0.2) is 0 Å². The van der Waals surface area contributed by atoms with E-state index < -0.39 is 0 Å². The molecule has 0 aromatic rings. The first-order chi connectivity index (χ1) is 5.79. The van der Waals surface area contributed by atoms with E-state index in [9.17, 15) is 0 Å². The molecular weight excluding hydrogens is 188 g/mol. The molecule has 2 nitrogen and oxygen atoms in total. The largest absolute Gasteiger partial charge is 0.185 e. The van der Waals surface area contributed by atoms with E-state index in [-0.39, 0.29) is 0 Å². The van der Waals surface area contributed by atoms with Crippen molar-refractivity contribution in [1.82, 2.24) is 0 Å². The third-order valence-corrected chi connectivity index (χ3v) is 3.94. The summed E-state index contributed by atoms with van der Waals surface area (Å²) < 4.78 is 0. The number of hydrogen-bond acceptors (Lipinski definition) is 4. The fraction of sp³-hybridized carbons (Fsp3) is 0.750. The third kappa shape index (κ3) is 3.90. The third-order valence-electron chi connectivity index (χ3n) is 1.63. The zero-order chi connectivity index (χ0) is 9.40. The summed E-state index contributed by atoms with van der Waals surface area (Å²) in [6.45, 7) is 4.10. The number of hydrogen-bond donors (Lipinski definition) is 0. The summed E-state index contributed by atoms with van der Waals surface area (Å²) in [6, 6.07) is 0.